The fourth-order valence-electron chi connectivity index (χ4n) is 1.15. The molecule has 0 N–H and O–H groups in total. The molecule has 0 saturated heterocycles. The minimum atomic E-state index is 0.222. The summed E-state index contributed by atoms with van der Waals surface area (Å²) >= 11 is 1.57. The number of aryl methyl sites for hydroxylation is 1. The van der Waals surface area contributed by atoms with E-state index in [0.717, 1.165) is 4.90 Å². The molecule has 78 valence electrons. The van der Waals surface area contributed by atoms with Gasteiger partial charge in [0.05, 0.1) is 5.75 Å². The van der Waals surface area contributed by atoms with Crippen molar-refractivity contribution < 1.29 is 4.79 Å². The number of rotatable bonds is 5. The van der Waals surface area contributed by atoms with Crippen molar-refractivity contribution in [2.24, 2.45) is 0 Å². The topological polar surface area (TPSA) is 17.1 Å². The summed E-state index contributed by atoms with van der Waals surface area (Å²) in [6, 6.07) is 8.15. The van der Waals surface area contributed by atoms with Crippen LogP contribution in [0, 0.1) is 19.3 Å². The highest BCUT2D eigenvalue weighted by molar-refractivity contribution is 8.00. The second-order valence-electron chi connectivity index (χ2n) is 3.35. The quantitative estimate of drug-likeness (QED) is 0.558. The smallest absolute Gasteiger partial charge is 0.144 e. The van der Waals surface area contributed by atoms with Crippen LogP contribution in [-0.4, -0.2) is 11.5 Å². The highest BCUT2D eigenvalue weighted by Crippen LogP contribution is 2.19. The van der Waals surface area contributed by atoms with Crippen LogP contribution >= 0.6 is 11.8 Å². The van der Waals surface area contributed by atoms with Gasteiger partial charge in [-0.1, -0.05) is 17.7 Å². The molecule has 0 amide bonds. The Bertz CT molecular complexity index is 376. The molecule has 1 aromatic carbocycles. The third-order valence-corrected chi connectivity index (χ3v) is 2.99. The van der Waals surface area contributed by atoms with E-state index in [9.17, 15) is 4.79 Å². The van der Waals surface area contributed by atoms with Gasteiger partial charge in [0.2, 0.25) is 0 Å². The van der Waals surface area contributed by atoms with Gasteiger partial charge in [-0.25, -0.2) is 0 Å². The summed E-state index contributed by atoms with van der Waals surface area (Å²) in [7, 11) is 0. The molecule has 0 heterocycles. The molecule has 2 heteroatoms. The molecule has 0 aromatic heterocycles. The number of Topliss-reactive ketones (excluding diaryl/α,β-unsaturated/α-hetero) is 1. The second-order valence-corrected chi connectivity index (χ2v) is 4.40. The fourth-order valence-corrected chi connectivity index (χ4v) is 2.07. The molecule has 0 aliphatic carbocycles. The van der Waals surface area contributed by atoms with Gasteiger partial charge in [0, 0.05) is 17.7 Å². The molecule has 0 atom stereocenters. The maximum atomic E-state index is 11.3. The first-order valence-electron chi connectivity index (χ1n) is 4.87. The van der Waals surface area contributed by atoms with Gasteiger partial charge < -0.3 is 0 Å². The van der Waals surface area contributed by atoms with E-state index < -0.39 is 0 Å². The van der Waals surface area contributed by atoms with Crippen LogP contribution in [0.2, 0.25) is 0 Å². The number of terminal acetylenes is 1. The first kappa shape index (κ1) is 11.9. The molecule has 0 radical (unpaired) electrons. The molecule has 0 saturated carbocycles. The van der Waals surface area contributed by atoms with Gasteiger partial charge in [0.25, 0.3) is 0 Å². The highest BCUT2D eigenvalue weighted by Gasteiger charge is 2.02. The lowest BCUT2D eigenvalue weighted by atomic mass is 10.2. The van der Waals surface area contributed by atoms with E-state index in [1.54, 1.807) is 11.8 Å². The molecule has 0 aliphatic rings. The van der Waals surface area contributed by atoms with Crippen molar-refractivity contribution in [2.75, 3.05) is 5.75 Å². The predicted octanol–water partition coefficient (Wildman–Crippen LogP) is 3.07. The minimum absolute atomic E-state index is 0.222. The summed E-state index contributed by atoms with van der Waals surface area (Å²) in [4.78, 5) is 12.5. The highest BCUT2D eigenvalue weighted by atomic mass is 32.2. The standard InChI is InChI=1S/C13H14OS/c1-3-4-7-12(14)10-15-13-8-5-6-11(2)9-13/h1,5-6,8-9H,4,7,10H2,2H3. The summed E-state index contributed by atoms with van der Waals surface area (Å²) in [5.41, 5.74) is 1.22. The Hall–Kier alpha value is -1.20. The largest absolute Gasteiger partial charge is 0.299 e. The molecule has 1 rings (SSSR count). The van der Waals surface area contributed by atoms with Crippen molar-refractivity contribution in [1.29, 1.82) is 0 Å². The summed E-state index contributed by atoms with van der Waals surface area (Å²) in [5.74, 6) is 3.22. The van der Waals surface area contributed by atoms with E-state index in [-0.39, 0.29) is 5.78 Å². The number of benzene rings is 1. The van der Waals surface area contributed by atoms with Crippen LogP contribution in [0.1, 0.15) is 18.4 Å². The van der Waals surface area contributed by atoms with E-state index in [1.807, 2.05) is 25.1 Å². The average Bonchev–Trinajstić information content (AvgIpc) is 2.23. The SMILES string of the molecule is C#CCCC(=O)CSc1cccc(C)c1. The van der Waals surface area contributed by atoms with Crippen LogP contribution in [0.5, 0.6) is 0 Å². The summed E-state index contributed by atoms with van der Waals surface area (Å²) < 4.78 is 0. The number of hydrogen-bond acceptors (Lipinski definition) is 2. The molecule has 1 nitrogen and oxygen atoms in total. The van der Waals surface area contributed by atoms with E-state index in [4.69, 9.17) is 6.42 Å². The maximum absolute atomic E-state index is 11.3. The van der Waals surface area contributed by atoms with Crippen molar-refractivity contribution >= 4 is 17.5 Å². The molecule has 0 fully saturated rings. The predicted molar refractivity (Wildman–Crippen MR) is 65.0 cm³/mol. The van der Waals surface area contributed by atoms with Gasteiger partial charge >= 0.3 is 0 Å². The zero-order chi connectivity index (χ0) is 11.1. The molecule has 0 aliphatic heterocycles. The third-order valence-electron chi connectivity index (χ3n) is 1.94. The normalized spacial score (nSPS) is 9.60. The molecular formula is C13H14OS. The van der Waals surface area contributed by atoms with Gasteiger partial charge in [-0.2, -0.15) is 0 Å². The lowest BCUT2D eigenvalue weighted by Gasteiger charge is -2.01. The van der Waals surface area contributed by atoms with Crippen molar-refractivity contribution in [1.82, 2.24) is 0 Å². The summed E-state index contributed by atoms with van der Waals surface area (Å²) in [6.45, 7) is 2.05. The zero-order valence-corrected chi connectivity index (χ0v) is 9.64. The minimum Gasteiger partial charge on any atom is -0.299 e. The third kappa shape index (κ3) is 4.71. The molecule has 0 unspecified atom stereocenters. The van der Waals surface area contributed by atoms with Gasteiger partial charge in [0.15, 0.2) is 0 Å². The van der Waals surface area contributed by atoms with Crippen molar-refractivity contribution in [2.45, 2.75) is 24.7 Å². The van der Waals surface area contributed by atoms with E-state index in [1.165, 1.54) is 5.56 Å². The second kappa shape index (κ2) is 6.31. The van der Waals surface area contributed by atoms with Crippen LogP contribution in [0.15, 0.2) is 29.2 Å². The first-order chi connectivity index (χ1) is 7.22. The van der Waals surface area contributed by atoms with Crippen LogP contribution in [0.4, 0.5) is 0 Å². The van der Waals surface area contributed by atoms with Gasteiger partial charge in [-0.05, 0) is 19.1 Å². The van der Waals surface area contributed by atoms with Gasteiger partial charge in [-0.15, -0.1) is 24.1 Å². The molecule has 0 bridgehead atoms. The Morgan fingerprint density at radius 1 is 1.53 bits per heavy atom. The number of carbonyl (C=O) groups is 1. The van der Waals surface area contributed by atoms with Crippen molar-refractivity contribution in [3.63, 3.8) is 0 Å². The van der Waals surface area contributed by atoms with Crippen LogP contribution in [0.25, 0.3) is 0 Å². The molecule has 1 aromatic rings. The van der Waals surface area contributed by atoms with E-state index >= 15 is 0 Å². The molecular weight excluding hydrogens is 204 g/mol. The molecule has 0 spiro atoms. The summed E-state index contributed by atoms with van der Waals surface area (Å²) in [6.07, 6.45) is 6.14. The number of carbonyl (C=O) groups excluding carboxylic acids is 1. The maximum Gasteiger partial charge on any atom is 0.144 e. The lowest BCUT2D eigenvalue weighted by Crippen LogP contribution is -2.00. The van der Waals surface area contributed by atoms with Gasteiger partial charge in [-0.3, -0.25) is 4.79 Å². The Kier molecular flexibility index (Phi) is 5.00. The van der Waals surface area contributed by atoms with E-state index in [2.05, 4.69) is 12.0 Å². The monoisotopic (exact) mass is 218 g/mol. The summed E-state index contributed by atoms with van der Waals surface area (Å²) in [5, 5.41) is 0. The van der Waals surface area contributed by atoms with Crippen LogP contribution < -0.4 is 0 Å². The Balaban J connectivity index is 2.37. The number of hydrogen-bond donors (Lipinski definition) is 0. The van der Waals surface area contributed by atoms with Crippen LogP contribution in [-0.2, 0) is 4.79 Å². The Labute approximate surface area is 95.3 Å². The zero-order valence-electron chi connectivity index (χ0n) is 8.82. The first-order valence-corrected chi connectivity index (χ1v) is 5.85. The molecule has 15 heavy (non-hydrogen) atoms. The van der Waals surface area contributed by atoms with Gasteiger partial charge in [0.1, 0.15) is 5.78 Å². The van der Waals surface area contributed by atoms with Crippen molar-refractivity contribution in [3.05, 3.63) is 29.8 Å². The van der Waals surface area contributed by atoms with E-state index in [0.29, 0.717) is 18.6 Å². The van der Waals surface area contributed by atoms with Crippen LogP contribution in [0.3, 0.4) is 0 Å². The Morgan fingerprint density at radius 3 is 3.00 bits per heavy atom. The number of ketones is 1. The Morgan fingerprint density at radius 2 is 2.33 bits per heavy atom. The van der Waals surface area contributed by atoms with Crippen molar-refractivity contribution in [3.8, 4) is 12.3 Å². The fraction of sp³-hybridized carbons (Fsp3) is 0.308. The number of thioether (sulfide) groups is 1. The average molecular weight is 218 g/mol. The lowest BCUT2D eigenvalue weighted by molar-refractivity contribution is -0.116.